The van der Waals surface area contributed by atoms with E-state index in [0.717, 1.165) is 0 Å². The number of nitrogens with one attached hydrogen (secondary N) is 1. The summed E-state index contributed by atoms with van der Waals surface area (Å²) in [7, 11) is 3.33. The van der Waals surface area contributed by atoms with Crippen molar-refractivity contribution in [1.82, 2.24) is 5.32 Å². The van der Waals surface area contributed by atoms with E-state index >= 15 is 0 Å². The lowest BCUT2D eigenvalue weighted by Gasteiger charge is -2.47. The highest BCUT2D eigenvalue weighted by atomic mass is 16.7. The van der Waals surface area contributed by atoms with Gasteiger partial charge < -0.3 is 39.6 Å². The van der Waals surface area contributed by atoms with Crippen molar-refractivity contribution in [3.63, 3.8) is 0 Å². The zero-order valence-electron chi connectivity index (χ0n) is 25.5. The number of hydrogen-bond acceptors (Lipinski definition) is 10. The van der Waals surface area contributed by atoms with E-state index in [1.54, 1.807) is 34.9 Å². The van der Waals surface area contributed by atoms with Crippen molar-refractivity contribution in [2.45, 2.75) is 135 Å². The molecule has 2 fully saturated rings. The number of Topliss-reactive ketones (excluding diaryl/α,β-unsaturated/α-hetero) is 1. The molecule has 0 aromatic heterocycles. The first-order valence-electron chi connectivity index (χ1n) is 14.4. The van der Waals surface area contributed by atoms with Crippen LogP contribution in [-0.4, -0.2) is 95.3 Å². The van der Waals surface area contributed by atoms with Crippen molar-refractivity contribution in [2.75, 3.05) is 14.2 Å². The maximum absolute atomic E-state index is 13.5. The third-order valence-electron chi connectivity index (χ3n) is 9.24. The second kappa shape index (κ2) is 13.7. The van der Waals surface area contributed by atoms with E-state index in [2.05, 4.69) is 5.32 Å². The van der Waals surface area contributed by atoms with Gasteiger partial charge in [-0.3, -0.25) is 9.59 Å². The van der Waals surface area contributed by atoms with E-state index in [1.807, 2.05) is 27.7 Å². The molecule has 0 saturated carbocycles. The summed E-state index contributed by atoms with van der Waals surface area (Å²) in [6.45, 7) is 14.1. The molecular weight excluding hydrogens is 506 g/mol. The number of aliphatic hydroxyl groups excluding tert-OH is 2. The predicted octanol–water partition coefficient (Wildman–Crippen LogP) is 2.20. The molecule has 2 saturated heterocycles. The lowest BCUT2D eigenvalue weighted by molar-refractivity contribution is -0.294. The number of esters is 1. The van der Waals surface area contributed by atoms with Crippen LogP contribution in [0.5, 0.6) is 0 Å². The van der Waals surface area contributed by atoms with Gasteiger partial charge in [0.25, 0.3) is 0 Å². The number of rotatable bonds is 5. The largest absolute Gasteiger partial charge is 0.459 e. The second-order valence-corrected chi connectivity index (χ2v) is 12.4. The lowest BCUT2D eigenvalue weighted by Crippen LogP contribution is -2.59. The van der Waals surface area contributed by atoms with Crippen LogP contribution >= 0.6 is 0 Å². The van der Waals surface area contributed by atoms with Gasteiger partial charge in [0.1, 0.15) is 23.6 Å². The molecule has 0 aromatic carbocycles. The number of ether oxygens (including phenoxy) is 4. The highest BCUT2D eigenvalue weighted by Gasteiger charge is 2.50. The Bertz CT molecular complexity index is 823. The van der Waals surface area contributed by atoms with Gasteiger partial charge in [-0.05, 0) is 58.9 Å². The van der Waals surface area contributed by atoms with E-state index in [-0.39, 0.29) is 49.0 Å². The van der Waals surface area contributed by atoms with Crippen LogP contribution in [0.3, 0.4) is 0 Å². The molecule has 2 rings (SSSR count). The number of ketones is 1. The van der Waals surface area contributed by atoms with Gasteiger partial charge in [0.15, 0.2) is 6.29 Å². The fourth-order valence-electron chi connectivity index (χ4n) is 6.32. The summed E-state index contributed by atoms with van der Waals surface area (Å²) < 4.78 is 24.3. The molecule has 0 amide bonds. The van der Waals surface area contributed by atoms with Crippen LogP contribution in [0.2, 0.25) is 0 Å². The van der Waals surface area contributed by atoms with Gasteiger partial charge in [0.05, 0.1) is 23.9 Å². The number of cyclic esters (lactones) is 1. The molecule has 10 nitrogen and oxygen atoms in total. The van der Waals surface area contributed by atoms with Gasteiger partial charge in [0, 0.05) is 31.4 Å². The molecule has 0 unspecified atom stereocenters. The minimum Gasteiger partial charge on any atom is -0.459 e. The minimum absolute atomic E-state index is 0.0388. The Morgan fingerprint density at radius 1 is 1.10 bits per heavy atom. The molecule has 0 radical (unpaired) electrons. The highest BCUT2D eigenvalue weighted by molar-refractivity contribution is 5.83. The first kappa shape index (κ1) is 34.1. The minimum atomic E-state index is -1.82. The van der Waals surface area contributed by atoms with Crippen LogP contribution in [0.15, 0.2) is 0 Å². The lowest BCUT2D eigenvalue weighted by atomic mass is 9.73. The third kappa shape index (κ3) is 7.58. The van der Waals surface area contributed by atoms with Crippen molar-refractivity contribution < 1.29 is 43.9 Å². The van der Waals surface area contributed by atoms with Gasteiger partial charge in [-0.15, -0.1) is 0 Å². The van der Waals surface area contributed by atoms with Crippen LogP contribution < -0.4 is 5.32 Å². The van der Waals surface area contributed by atoms with Crippen molar-refractivity contribution in [3.05, 3.63) is 0 Å². The smallest absolute Gasteiger partial charge is 0.306 e. The number of carbonyl (C=O) groups is 2. The summed E-state index contributed by atoms with van der Waals surface area (Å²) in [5.41, 5.74) is -2.84. The molecule has 4 N–H and O–H groups in total. The average Bonchev–Trinajstić information content (AvgIpc) is 2.89. The summed E-state index contributed by atoms with van der Waals surface area (Å²) in [5.74, 6) is -2.79. The van der Waals surface area contributed by atoms with Crippen LogP contribution in [-0.2, 0) is 28.5 Å². The summed E-state index contributed by atoms with van der Waals surface area (Å²) in [5, 5.41) is 36.4. The molecule has 39 heavy (non-hydrogen) atoms. The molecule has 0 bridgehead atoms. The fourth-order valence-corrected chi connectivity index (χ4v) is 6.32. The molecule has 0 aliphatic carbocycles. The monoisotopic (exact) mass is 559 g/mol. The number of methoxy groups -OCH3 is 1. The van der Waals surface area contributed by atoms with Crippen LogP contribution in [0.1, 0.15) is 81.1 Å². The molecule has 0 spiro atoms. The number of likely N-dealkylation sites (N-methyl/N-ethyl adjacent to an activating group) is 1. The molecule has 13 atom stereocenters. The Morgan fingerprint density at radius 2 is 1.72 bits per heavy atom. The zero-order chi connectivity index (χ0) is 29.9. The summed E-state index contributed by atoms with van der Waals surface area (Å²) in [6, 6.07) is -0.227. The maximum Gasteiger partial charge on any atom is 0.306 e. The van der Waals surface area contributed by atoms with Crippen LogP contribution in [0, 0.1) is 23.7 Å². The Morgan fingerprint density at radius 3 is 2.26 bits per heavy atom. The Labute approximate surface area is 234 Å². The van der Waals surface area contributed by atoms with Gasteiger partial charge >= 0.3 is 5.97 Å². The van der Waals surface area contributed by atoms with Crippen molar-refractivity contribution in [2.24, 2.45) is 23.7 Å². The Balaban J connectivity index is 2.53. The Kier molecular flexibility index (Phi) is 11.9. The van der Waals surface area contributed by atoms with Crippen molar-refractivity contribution in [3.8, 4) is 0 Å². The summed E-state index contributed by atoms with van der Waals surface area (Å²) >= 11 is 0. The first-order chi connectivity index (χ1) is 18.0. The fraction of sp³-hybridized carbons (Fsp3) is 0.931. The number of aliphatic hydroxyl groups is 3. The van der Waals surface area contributed by atoms with E-state index in [0.29, 0.717) is 6.42 Å². The van der Waals surface area contributed by atoms with Gasteiger partial charge in [0.2, 0.25) is 0 Å². The SMILES string of the molecule is CC[C@H]1OC(=O)C[C@@H](C)[C@H](C)[C@@H](O[C@@H]2O[C@H](C)C[C@H](NC)[C@H]2O)[C@@](C)(OC)C[C@@H](C)C(=O)[C@H](C)[C@@H](O)[C@]1(C)O. The van der Waals surface area contributed by atoms with E-state index < -0.39 is 59.7 Å². The molecule has 0 aromatic rings. The van der Waals surface area contributed by atoms with Gasteiger partial charge in [-0.2, -0.15) is 0 Å². The summed E-state index contributed by atoms with van der Waals surface area (Å²) in [4.78, 5) is 26.6. The first-order valence-corrected chi connectivity index (χ1v) is 14.4. The molecule has 2 aliphatic heterocycles. The zero-order valence-corrected chi connectivity index (χ0v) is 25.5. The van der Waals surface area contributed by atoms with E-state index in [4.69, 9.17) is 18.9 Å². The van der Waals surface area contributed by atoms with E-state index in [1.165, 1.54) is 6.92 Å². The molecule has 10 heteroatoms. The molecule has 2 heterocycles. The molecular formula is C29H53NO9. The normalized spacial score (nSPS) is 47.4. The topological polar surface area (TPSA) is 144 Å². The third-order valence-corrected chi connectivity index (χ3v) is 9.24. The number of hydrogen-bond donors (Lipinski definition) is 4. The van der Waals surface area contributed by atoms with E-state index in [9.17, 15) is 24.9 Å². The Hall–Kier alpha value is -1.14. The maximum atomic E-state index is 13.5. The van der Waals surface area contributed by atoms with Crippen molar-refractivity contribution >= 4 is 11.8 Å². The number of carbonyl (C=O) groups excluding carboxylic acids is 2. The van der Waals surface area contributed by atoms with Crippen LogP contribution in [0.25, 0.3) is 0 Å². The average molecular weight is 560 g/mol. The summed E-state index contributed by atoms with van der Waals surface area (Å²) in [6.07, 6.45) is -3.97. The molecule has 2 aliphatic rings. The predicted molar refractivity (Wildman–Crippen MR) is 146 cm³/mol. The van der Waals surface area contributed by atoms with Gasteiger partial charge in [-0.1, -0.05) is 34.6 Å². The van der Waals surface area contributed by atoms with Gasteiger partial charge in [-0.25, -0.2) is 0 Å². The van der Waals surface area contributed by atoms with Crippen LogP contribution in [0.4, 0.5) is 0 Å². The standard InChI is InChI=1S/C29H53NO9/c1-11-21-29(8,35)25(34)19(6)23(32)16(3)14-28(7,36-10)26(18(5)15(2)12-22(31)38-21)39-27-24(33)20(30-9)13-17(4)37-27/h15-21,24-27,30,33-35H,11-14H2,1-10H3/t15-,16-,17-,18+,19+,20+,21-,24-,25-,26-,27+,28+,29-/m1/s1. The second-order valence-electron chi connectivity index (χ2n) is 12.4. The van der Waals surface area contributed by atoms with Crippen molar-refractivity contribution in [1.29, 1.82) is 0 Å². The quantitative estimate of drug-likeness (QED) is 0.370. The molecule has 228 valence electrons. The highest BCUT2D eigenvalue weighted by Crippen LogP contribution is 2.39.